The Labute approximate surface area is 78.8 Å². The second-order valence-electron chi connectivity index (χ2n) is 2.93. The predicted octanol–water partition coefficient (Wildman–Crippen LogP) is 1.36. The van der Waals surface area contributed by atoms with Gasteiger partial charge in [0.05, 0.1) is 0 Å². The molecular weight excluding hydrogens is 164 g/mol. The number of aliphatic hydroxyl groups is 1. The summed E-state index contributed by atoms with van der Waals surface area (Å²) in [7, 11) is 0. The molecule has 0 rings (SSSR count). The SMILES string of the molecule is C\C(=C/C=C\C=C\C=N)C(C)(N)O. The monoisotopic (exact) mass is 180 g/mol. The van der Waals surface area contributed by atoms with Crippen molar-refractivity contribution < 1.29 is 5.11 Å². The van der Waals surface area contributed by atoms with Crippen LogP contribution in [-0.2, 0) is 0 Å². The number of rotatable bonds is 4. The highest BCUT2D eigenvalue weighted by Gasteiger charge is 2.13. The number of nitrogens with two attached hydrogens (primary N) is 1. The van der Waals surface area contributed by atoms with Crippen LogP contribution in [0.2, 0.25) is 0 Å². The van der Waals surface area contributed by atoms with E-state index in [1.807, 2.05) is 0 Å². The van der Waals surface area contributed by atoms with Gasteiger partial charge in [0.15, 0.2) is 0 Å². The topological polar surface area (TPSA) is 70.1 Å². The molecule has 1 unspecified atom stereocenters. The van der Waals surface area contributed by atoms with Crippen molar-refractivity contribution in [1.29, 1.82) is 5.41 Å². The van der Waals surface area contributed by atoms with Crippen molar-refractivity contribution in [3.8, 4) is 0 Å². The number of hydrogen-bond acceptors (Lipinski definition) is 3. The van der Waals surface area contributed by atoms with Gasteiger partial charge in [-0.25, -0.2) is 0 Å². The van der Waals surface area contributed by atoms with Crippen LogP contribution in [0.3, 0.4) is 0 Å². The lowest BCUT2D eigenvalue weighted by atomic mass is 10.1. The zero-order valence-corrected chi connectivity index (χ0v) is 7.99. The zero-order chi connectivity index (χ0) is 10.3. The minimum Gasteiger partial charge on any atom is -0.372 e. The average molecular weight is 180 g/mol. The molecule has 0 saturated carbocycles. The lowest BCUT2D eigenvalue weighted by molar-refractivity contribution is 0.106. The molecule has 0 aromatic carbocycles. The third-order valence-electron chi connectivity index (χ3n) is 1.57. The molecule has 0 aromatic rings. The Morgan fingerprint density at radius 3 is 2.31 bits per heavy atom. The molecular formula is C10H16N2O. The van der Waals surface area contributed by atoms with Gasteiger partial charge in [0.1, 0.15) is 5.72 Å². The highest BCUT2D eigenvalue weighted by molar-refractivity contribution is 5.68. The van der Waals surface area contributed by atoms with E-state index in [9.17, 15) is 5.11 Å². The minimum absolute atomic E-state index is 0.687. The first-order valence-electron chi connectivity index (χ1n) is 4.01. The van der Waals surface area contributed by atoms with Crippen LogP contribution in [0.4, 0.5) is 0 Å². The number of hydrogen-bond donors (Lipinski definition) is 3. The van der Waals surface area contributed by atoms with Crippen molar-refractivity contribution in [3.63, 3.8) is 0 Å². The Morgan fingerprint density at radius 1 is 1.31 bits per heavy atom. The third kappa shape index (κ3) is 6.02. The van der Waals surface area contributed by atoms with Gasteiger partial charge in [-0.15, -0.1) is 0 Å². The van der Waals surface area contributed by atoms with Crippen LogP contribution >= 0.6 is 0 Å². The predicted molar refractivity (Wildman–Crippen MR) is 55.6 cm³/mol. The van der Waals surface area contributed by atoms with E-state index in [0.29, 0.717) is 5.57 Å². The van der Waals surface area contributed by atoms with E-state index in [4.69, 9.17) is 11.1 Å². The van der Waals surface area contributed by atoms with E-state index in [-0.39, 0.29) is 0 Å². The van der Waals surface area contributed by atoms with Crippen molar-refractivity contribution in [1.82, 2.24) is 0 Å². The van der Waals surface area contributed by atoms with Crippen molar-refractivity contribution in [2.24, 2.45) is 5.73 Å². The fraction of sp³-hybridized carbons (Fsp3) is 0.300. The van der Waals surface area contributed by atoms with E-state index in [0.717, 1.165) is 0 Å². The third-order valence-corrected chi connectivity index (χ3v) is 1.57. The van der Waals surface area contributed by atoms with E-state index in [1.54, 1.807) is 37.3 Å². The van der Waals surface area contributed by atoms with Crippen molar-refractivity contribution >= 4 is 6.21 Å². The quantitative estimate of drug-likeness (QED) is 0.347. The normalized spacial score (nSPS) is 18.0. The molecule has 0 heterocycles. The fourth-order valence-corrected chi connectivity index (χ4v) is 0.552. The highest BCUT2D eigenvalue weighted by Crippen LogP contribution is 2.07. The first-order valence-corrected chi connectivity index (χ1v) is 4.01. The molecule has 0 aromatic heterocycles. The molecule has 13 heavy (non-hydrogen) atoms. The highest BCUT2D eigenvalue weighted by atomic mass is 16.3. The lowest BCUT2D eigenvalue weighted by Crippen LogP contribution is -2.36. The van der Waals surface area contributed by atoms with E-state index in [1.165, 1.54) is 13.1 Å². The molecule has 0 aliphatic rings. The fourth-order valence-electron chi connectivity index (χ4n) is 0.552. The Kier molecular flexibility index (Phi) is 4.96. The minimum atomic E-state index is -1.25. The summed E-state index contributed by atoms with van der Waals surface area (Å²) in [5.74, 6) is 0. The van der Waals surface area contributed by atoms with Gasteiger partial charge in [0.25, 0.3) is 0 Å². The van der Waals surface area contributed by atoms with Crippen LogP contribution < -0.4 is 5.73 Å². The van der Waals surface area contributed by atoms with Gasteiger partial charge in [-0.1, -0.05) is 24.3 Å². The van der Waals surface area contributed by atoms with E-state index in [2.05, 4.69) is 0 Å². The summed E-state index contributed by atoms with van der Waals surface area (Å²) in [6.07, 6.45) is 9.77. The second kappa shape index (κ2) is 5.45. The van der Waals surface area contributed by atoms with Gasteiger partial charge in [-0.3, -0.25) is 0 Å². The maximum atomic E-state index is 9.31. The molecule has 0 aliphatic heterocycles. The van der Waals surface area contributed by atoms with Crippen molar-refractivity contribution in [2.75, 3.05) is 0 Å². The van der Waals surface area contributed by atoms with Gasteiger partial charge >= 0.3 is 0 Å². The van der Waals surface area contributed by atoms with Crippen LogP contribution in [0.25, 0.3) is 0 Å². The molecule has 0 aliphatic carbocycles. The molecule has 72 valence electrons. The summed E-state index contributed by atoms with van der Waals surface area (Å²) >= 11 is 0. The molecule has 0 spiro atoms. The smallest absolute Gasteiger partial charge is 0.132 e. The molecule has 1 atom stereocenters. The first kappa shape index (κ1) is 11.8. The number of nitrogens with one attached hydrogen (secondary N) is 1. The Hall–Kier alpha value is -1.19. The van der Waals surface area contributed by atoms with Crippen molar-refractivity contribution in [2.45, 2.75) is 19.6 Å². The van der Waals surface area contributed by atoms with Crippen LogP contribution in [0, 0.1) is 5.41 Å². The van der Waals surface area contributed by atoms with Gasteiger partial charge < -0.3 is 16.2 Å². The summed E-state index contributed by atoms with van der Waals surface area (Å²) in [5, 5.41) is 16.0. The summed E-state index contributed by atoms with van der Waals surface area (Å²) in [6, 6.07) is 0. The number of allylic oxidation sites excluding steroid dienone is 5. The molecule has 4 N–H and O–H groups in total. The van der Waals surface area contributed by atoms with Gasteiger partial charge in [0, 0.05) is 6.21 Å². The lowest BCUT2D eigenvalue weighted by Gasteiger charge is -2.17. The van der Waals surface area contributed by atoms with Crippen LogP contribution in [-0.4, -0.2) is 17.0 Å². The summed E-state index contributed by atoms with van der Waals surface area (Å²) < 4.78 is 0. The Morgan fingerprint density at radius 2 is 1.85 bits per heavy atom. The van der Waals surface area contributed by atoms with Gasteiger partial charge in [-0.2, -0.15) is 0 Å². The first-order chi connectivity index (χ1) is 5.98. The van der Waals surface area contributed by atoms with Crippen LogP contribution in [0.5, 0.6) is 0 Å². The maximum Gasteiger partial charge on any atom is 0.132 e. The molecule has 0 amide bonds. The van der Waals surface area contributed by atoms with Crippen LogP contribution in [0.15, 0.2) is 36.0 Å². The molecule has 0 saturated heterocycles. The largest absolute Gasteiger partial charge is 0.372 e. The van der Waals surface area contributed by atoms with Crippen molar-refractivity contribution in [3.05, 3.63) is 36.0 Å². The Bertz CT molecular complexity index is 244. The average Bonchev–Trinajstić information content (AvgIpc) is 2.02. The van der Waals surface area contributed by atoms with E-state index >= 15 is 0 Å². The zero-order valence-electron chi connectivity index (χ0n) is 7.99. The molecule has 0 bridgehead atoms. The summed E-state index contributed by atoms with van der Waals surface area (Å²) in [6.45, 7) is 3.28. The molecule has 0 fully saturated rings. The van der Waals surface area contributed by atoms with Crippen LogP contribution in [0.1, 0.15) is 13.8 Å². The standard InChI is InChI=1S/C10H16N2O/c1-9(10(2,12)13)7-5-3-4-6-8-11/h3-8,11,13H,12H2,1-2H3/b5-3-,6-4+,9-7+,11-8?. The second-order valence-corrected chi connectivity index (χ2v) is 2.93. The van der Waals surface area contributed by atoms with Gasteiger partial charge in [0.2, 0.25) is 0 Å². The summed E-state index contributed by atoms with van der Waals surface area (Å²) in [5.41, 5.74) is 4.85. The maximum absolute atomic E-state index is 9.31. The molecule has 3 nitrogen and oxygen atoms in total. The Balaban J connectivity index is 4.19. The molecule has 0 radical (unpaired) electrons. The van der Waals surface area contributed by atoms with Gasteiger partial charge in [-0.05, 0) is 25.5 Å². The molecule has 3 heteroatoms. The van der Waals surface area contributed by atoms with E-state index < -0.39 is 5.72 Å². The summed E-state index contributed by atoms with van der Waals surface area (Å²) in [4.78, 5) is 0.